The number of nitrogens with one attached hydrogen (secondary N) is 1. The Morgan fingerprint density at radius 2 is 1.45 bits per heavy atom. The highest BCUT2D eigenvalue weighted by Gasteiger charge is 2.09. The minimum atomic E-state index is -0.359. The van der Waals surface area contributed by atoms with E-state index < -0.39 is 0 Å². The van der Waals surface area contributed by atoms with E-state index in [1.54, 1.807) is 37.3 Å². The maximum Gasteiger partial charge on any atom is 0.272 e. The summed E-state index contributed by atoms with van der Waals surface area (Å²) in [5.74, 6) is -0.359. The number of carbonyl (C=O) groups excluding carboxylic acids is 1. The molecule has 0 aliphatic rings. The first-order valence-corrected chi connectivity index (χ1v) is 6.69. The molecule has 0 heterocycles. The molecule has 2 aromatic carbocycles. The Morgan fingerprint density at radius 3 is 2.00 bits per heavy atom. The van der Waals surface area contributed by atoms with Gasteiger partial charge in [0.05, 0.1) is 16.3 Å². The van der Waals surface area contributed by atoms with Crippen molar-refractivity contribution in [3.05, 3.63) is 69.7 Å². The van der Waals surface area contributed by atoms with Crippen molar-refractivity contribution in [2.75, 3.05) is 0 Å². The molecule has 2 aromatic rings. The van der Waals surface area contributed by atoms with Gasteiger partial charge in [-0.05, 0) is 25.1 Å². The van der Waals surface area contributed by atoms with Crippen molar-refractivity contribution in [1.82, 2.24) is 5.43 Å². The van der Waals surface area contributed by atoms with Crippen LogP contribution in [-0.4, -0.2) is 11.6 Å². The second-order valence-electron chi connectivity index (χ2n) is 4.10. The molecular formula is C15H12Cl2N2O. The van der Waals surface area contributed by atoms with Gasteiger partial charge in [0.1, 0.15) is 0 Å². The fraction of sp³-hybridized carbons (Fsp3) is 0.0667. The third-order valence-corrected chi connectivity index (χ3v) is 3.37. The molecule has 0 aromatic heterocycles. The number of amides is 1. The molecular weight excluding hydrogens is 295 g/mol. The lowest BCUT2D eigenvalue weighted by atomic mass is 10.1. The van der Waals surface area contributed by atoms with Crippen LogP contribution in [0.15, 0.2) is 53.6 Å². The normalized spacial score (nSPS) is 11.2. The zero-order valence-corrected chi connectivity index (χ0v) is 12.2. The van der Waals surface area contributed by atoms with E-state index in [1.807, 2.05) is 18.2 Å². The molecule has 20 heavy (non-hydrogen) atoms. The molecule has 5 heteroatoms. The third-order valence-electron chi connectivity index (χ3n) is 2.71. The van der Waals surface area contributed by atoms with E-state index in [1.165, 1.54) is 0 Å². The number of hydrazone groups is 1. The molecule has 3 nitrogen and oxygen atoms in total. The summed E-state index contributed by atoms with van der Waals surface area (Å²) in [5.41, 5.74) is 4.24. The predicted molar refractivity (Wildman–Crippen MR) is 82.6 cm³/mol. The van der Waals surface area contributed by atoms with Gasteiger partial charge in [0.15, 0.2) is 0 Å². The van der Waals surface area contributed by atoms with Crippen LogP contribution in [0.5, 0.6) is 0 Å². The van der Waals surface area contributed by atoms with Crippen LogP contribution < -0.4 is 5.43 Å². The second kappa shape index (κ2) is 6.55. The van der Waals surface area contributed by atoms with Gasteiger partial charge in [-0.15, -0.1) is 0 Å². The molecule has 0 spiro atoms. The first-order valence-electron chi connectivity index (χ1n) is 5.93. The van der Waals surface area contributed by atoms with E-state index in [0.717, 1.165) is 5.56 Å². The minimum absolute atomic E-state index is 0.359. The van der Waals surface area contributed by atoms with Gasteiger partial charge in [-0.25, -0.2) is 5.43 Å². The Bertz CT molecular complexity index is 668. The summed E-state index contributed by atoms with van der Waals surface area (Å²) in [5, 5.41) is 5.02. The van der Waals surface area contributed by atoms with E-state index in [9.17, 15) is 4.79 Å². The Labute approximate surface area is 127 Å². The summed E-state index contributed by atoms with van der Waals surface area (Å²) in [6.07, 6.45) is 0. The SMILES string of the molecule is C/C(=N\NC(=O)c1ccccc1Cl)c1ccccc1Cl. The van der Waals surface area contributed by atoms with E-state index in [0.29, 0.717) is 21.3 Å². The molecule has 2 rings (SSSR count). The van der Waals surface area contributed by atoms with Crippen LogP contribution in [0, 0.1) is 0 Å². The lowest BCUT2D eigenvalue weighted by Gasteiger charge is -2.05. The number of benzene rings is 2. The van der Waals surface area contributed by atoms with E-state index in [2.05, 4.69) is 10.5 Å². The maximum absolute atomic E-state index is 12.0. The number of halogens is 2. The third kappa shape index (κ3) is 3.38. The van der Waals surface area contributed by atoms with Crippen molar-refractivity contribution in [3.8, 4) is 0 Å². The summed E-state index contributed by atoms with van der Waals surface area (Å²) < 4.78 is 0. The molecule has 0 radical (unpaired) electrons. The molecule has 0 saturated carbocycles. The average Bonchev–Trinajstić information content (AvgIpc) is 2.45. The monoisotopic (exact) mass is 306 g/mol. The van der Waals surface area contributed by atoms with Gasteiger partial charge in [0, 0.05) is 10.6 Å². The summed E-state index contributed by atoms with van der Waals surface area (Å²) in [4.78, 5) is 12.0. The number of carbonyl (C=O) groups is 1. The average molecular weight is 307 g/mol. The Kier molecular flexibility index (Phi) is 4.77. The second-order valence-corrected chi connectivity index (χ2v) is 4.91. The van der Waals surface area contributed by atoms with Crippen LogP contribution in [0.2, 0.25) is 10.0 Å². The fourth-order valence-electron chi connectivity index (χ4n) is 1.66. The fourth-order valence-corrected chi connectivity index (χ4v) is 2.15. The Hall–Kier alpha value is -1.84. The van der Waals surface area contributed by atoms with E-state index in [4.69, 9.17) is 23.2 Å². The van der Waals surface area contributed by atoms with Gasteiger partial charge in [-0.1, -0.05) is 53.5 Å². The van der Waals surface area contributed by atoms with Crippen LogP contribution >= 0.6 is 23.2 Å². The topological polar surface area (TPSA) is 41.5 Å². The summed E-state index contributed by atoms with van der Waals surface area (Å²) >= 11 is 12.0. The van der Waals surface area contributed by atoms with Crippen LogP contribution in [-0.2, 0) is 0 Å². The zero-order chi connectivity index (χ0) is 14.5. The summed E-state index contributed by atoms with van der Waals surface area (Å²) in [6.45, 7) is 1.77. The highest BCUT2D eigenvalue weighted by molar-refractivity contribution is 6.34. The molecule has 1 amide bonds. The highest BCUT2D eigenvalue weighted by Crippen LogP contribution is 2.16. The smallest absolute Gasteiger partial charge is 0.267 e. The molecule has 0 saturated heterocycles. The van der Waals surface area contributed by atoms with Gasteiger partial charge < -0.3 is 0 Å². The number of rotatable bonds is 3. The first kappa shape index (κ1) is 14.6. The van der Waals surface area contributed by atoms with Gasteiger partial charge in [0.2, 0.25) is 0 Å². The van der Waals surface area contributed by atoms with Crippen molar-refractivity contribution in [3.63, 3.8) is 0 Å². The first-order chi connectivity index (χ1) is 9.59. The lowest BCUT2D eigenvalue weighted by molar-refractivity contribution is 0.0955. The van der Waals surface area contributed by atoms with Crippen molar-refractivity contribution >= 4 is 34.8 Å². The minimum Gasteiger partial charge on any atom is -0.267 e. The van der Waals surface area contributed by atoms with Crippen molar-refractivity contribution < 1.29 is 4.79 Å². The summed E-state index contributed by atoms with van der Waals surface area (Å²) in [6, 6.07) is 14.1. The molecule has 1 N–H and O–H groups in total. The Morgan fingerprint density at radius 1 is 0.950 bits per heavy atom. The van der Waals surface area contributed by atoms with E-state index in [-0.39, 0.29) is 5.91 Å². The molecule has 0 aliphatic heterocycles. The zero-order valence-electron chi connectivity index (χ0n) is 10.7. The van der Waals surface area contributed by atoms with E-state index >= 15 is 0 Å². The van der Waals surface area contributed by atoms with Crippen molar-refractivity contribution in [2.24, 2.45) is 5.10 Å². The largest absolute Gasteiger partial charge is 0.272 e. The molecule has 0 atom stereocenters. The molecule has 102 valence electrons. The molecule has 0 bridgehead atoms. The quantitative estimate of drug-likeness (QED) is 0.672. The van der Waals surface area contributed by atoms with Crippen LogP contribution in [0.4, 0.5) is 0 Å². The van der Waals surface area contributed by atoms with Gasteiger partial charge in [-0.3, -0.25) is 4.79 Å². The van der Waals surface area contributed by atoms with Crippen molar-refractivity contribution in [2.45, 2.75) is 6.92 Å². The Balaban J connectivity index is 2.16. The maximum atomic E-state index is 12.0. The van der Waals surface area contributed by atoms with Gasteiger partial charge in [-0.2, -0.15) is 5.10 Å². The summed E-state index contributed by atoms with van der Waals surface area (Å²) in [7, 11) is 0. The van der Waals surface area contributed by atoms with Crippen LogP contribution in [0.25, 0.3) is 0 Å². The predicted octanol–water partition coefficient (Wildman–Crippen LogP) is 4.15. The van der Waals surface area contributed by atoms with Gasteiger partial charge >= 0.3 is 0 Å². The van der Waals surface area contributed by atoms with Crippen LogP contribution in [0.3, 0.4) is 0 Å². The van der Waals surface area contributed by atoms with Gasteiger partial charge in [0.25, 0.3) is 5.91 Å². The lowest BCUT2D eigenvalue weighted by Crippen LogP contribution is -2.19. The van der Waals surface area contributed by atoms with Crippen LogP contribution in [0.1, 0.15) is 22.8 Å². The molecule has 0 aliphatic carbocycles. The highest BCUT2D eigenvalue weighted by atomic mass is 35.5. The number of hydrogen-bond donors (Lipinski definition) is 1. The molecule has 0 fully saturated rings. The van der Waals surface area contributed by atoms with Crippen molar-refractivity contribution in [1.29, 1.82) is 0 Å². The standard InChI is InChI=1S/C15H12Cl2N2O/c1-10(11-6-2-4-8-13(11)16)18-19-15(20)12-7-3-5-9-14(12)17/h2-9H,1H3,(H,19,20)/b18-10+. The molecule has 0 unspecified atom stereocenters. The number of hydrogen-bond acceptors (Lipinski definition) is 2. The number of nitrogens with zero attached hydrogens (tertiary/aromatic N) is 1.